The fraction of sp³-hybridized carbons (Fsp3) is 0.947. The van der Waals surface area contributed by atoms with E-state index in [9.17, 15) is 9.59 Å². The van der Waals surface area contributed by atoms with E-state index in [1.54, 1.807) is 0 Å². The van der Waals surface area contributed by atoms with Gasteiger partial charge in [0.25, 0.3) is 0 Å². The predicted octanol–water partition coefficient (Wildman–Crippen LogP) is 8.25. The molecule has 1 atom stereocenters. The largest absolute Gasteiger partial charge is 0.462 e. The van der Waals surface area contributed by atoms with Crippen molar-refractivity contribution in [1.29, 1.82) is 0 Å². The fourth-order valence-corrected chi connectivity index (χ4v) is 5.43. The van der Waals surface area contributed by atoms with Crippen LogP contribution in [-0.4, -0.2) is 87.2 Å². The second kappa shape index (κ2) is 37.6. The zero-order valence-corrected chi connectivity index (χ0v) is 30.5. The van der Waals surface area contributed by atoms with Crippen molar-refractivity contribution in [3.05, 3.63) is 0 Å². The van der Waals surface area contributed by atoms with Crippen LogP contribution in [0.4, 0.5) is 0 Å². The van der Waals surface area contributed by atoms with Gasteiger partial charge in [0.1, 0.15) is 12.7 Å². The Kier molecular flexibility index (Phi) is 36.5. The molecule has 47 heavy (non-hydrogen) atoms. The van der Waals surface area contributed by atoms with Crippen molar-refractivity contribution in [3.8, 4) is 0 Å². The van der Waals surface area contributed by atoms with E-state index in [1.807, 2.05) is 0 Å². The van der Waals surface area contributed by atoms with Gasteiger partial charge in [-0.25, -0.2) is 0 Å². The summed E-state index contributed by atoms with van der Waals surface area (Å²) in [5, 5.41) is 18.1. The molecule has 0 saturated carbocycles. The van der Waals surface area contributed by atoms with Gasteiger partial charge in [0.2, 0.25) is 0 Å². The Labute approximate surface area is 288 Å². The van der Waals surface area contributed by atoms with Crippen molar-refractivity contribution in [2.75, 3.05) is 52.9 Å². The number of carbonyl (C=O) groups is 2. The summed E-state index contributed by atoms with van der Waals surface area (Å²) in [6.45, 7) is 4.87. The molecule has 0 saturated heterocycles. The summed E-state index contributed by atoms with van der Waals surface area (Å²) in [6, 6.07) is 0. The quantitative estimate of drug-likeness (QED) is 0.0493. The molecule has 0 aromatic heterocycles. The summed E-state index contributed by atoms with van der Waals surface area (Å²) < 4.78 is 28.0. The van der Waals surface area contributed by atoms with Gasteiger partial charge in [0.15, 0.2) is 6.10 Å². The van der Waals surface area contributed by atoms with Crippen molar-refractivity contribution in [2.24, 2.45) is 0 Å². The maximum Gasteiger partial charge on any atom is 0.306 e. The minimum atomic E-state index is -0.741. The van der Waals surface area contributed by atoms with Gasteiger partial charge in [-0.1, -0.05) is 142 Å². The Balaban J connectivity index is 4.51. The van der Waals surface area contributed by atoms with Crippen LogP contribution >= 0.6 is 0 Å². The molecule has 0 aliphatic carbocycles. The molecule has 9 nitrogen and oxygen atoms in total. The molecule has 0 radical (unpaired) electrons. The van der Waals surface area contributed by atoms with Crippen LogP contribution in [0.2, 0.25) is 0 Å². The number of aliphatic hydroxyl groups is 2. The summed E-state index contributed by atoms with van der Waals surface area (Å²) in [5.74, 6) is -0.609. The van der Waals surface area contributed by atoms with E-state index in [1.165, 1.54) is 103 Å². The topological polar surface area (TPSA) is 121 Å². The molecule has 0 heterocycles. The van der Waals surface area contributed by atoms with Gasteiger partial charge in [-0.3, -0.25) is 9.59 Å². The van der Waals surface area contributed by atoms with Crippen LogP contribution < -0.4 is 0 Å². The first-order valence-corrected chi connectivity index (χ1v) is 19.4. The second-order valence-electron chi connectivity index (χ2n) is 12.9. The van der Waals surface area contributed by atoms with E-state index < -0.39 is 12.2 Å². The first-order chi connectivity index (χ1) is 23.1. The van der Waals surface area contributed by atoms with Gasteiger partial charge in [-0.15, -0.1) is 0 Å². The van der Waals surface area contributed by atoms with E-state index in [4.69, 9.17) is 33.9 Å². The summed E-state index contributed by atoms with van der Waals surface area (Å²) in [7, 11) is 0. The number of carbonyl (C=O) groups excluding carboxylic acids is 2. The number of esters is 2. The number of hydrogen-bond donors (Lipinski definition) is 2. The lowest BCUT2D eigenvalue weighted by atomic mass is 10.1. The van der Waals surface area contributed by atoms with Crippen LogP contribution in [0.1, 0.15) is 168 Å². The number of aliphatic hydroxyl groups excluding tert-OH is 2. The standard InChI is InChI=1S/C38H74O9/c1-3-5-7-9-11-13-15-17-19-21-23-25-37(41)46-34-36(33-45-35(31-43-29-27-39)32-44-30-28-40)47-38(42)26-24-22-20-18-16-14-12-10-8-6-4-2/h35-36,39-40H,3-34H2,1-2H3. The molecular formula is C38H74O9. The highest BCUT2D eigenvalue weighted by Crippen LogP contribution is 2.14. The van der Waals surface area contributed by atoms with Gasteiger partial charge < -0.3 is 33.9 Å². The van der Waals surface area contributed by atoms with Crippen LogP contribution in [0.15, 0.2) is 0 Å². The second-order valence-corrected chi connectivity index (χ2v) is 12.9. The molecule has 2 N–H and O–H groups in total. The van der Waals surface area contributed by atoms with Crippen molar-refractivity contribution < 1.29 is 43.5 Å². The number of ether oxygens (including phenoxy) is 5. The number of hydrogen-bond acceptors (Lipinski definition) is 9. The molecule has 0 aliphatic heterocycles. The first-order valence-electron chi connectivity index (χ1n) is 19.4. The minimum Gasteiger partial charge on any atom is -0.462 e. The van der Waals surface area contributed by atoms with Gasteiger partial charge in [-0.05, 0) is 12.8 Å². The molecule has 0 fully saturated rings. The molecule has 0 amide bonds. The Morgan fingerprint density at radius 2 is 0.851 bits per heavy atom. The van der Waals surface area contributed by atoms with E-state index in [-0.39, 0.29) is 64.8 Å². The lowest BCUT2D eigenvalue weighted by Crippen LogP contribution is -2.35. The lowest BCUT2D eigenvalue weighted by molar-refractivity contribution is -0.166. The lowest BCUT2D eigenvalue weighted by Gasteiger charge is -2.23. The Bertz CT molecular complexity index is 651. The molecule has 0 aliphatic rings. The van der Waals surface area contributed by atoms with Crippen LogP contribution in [-0.2, 0) is 33.3 Å². The summed E-state index contributed by atoms with van der Waals surface area (Å²) in [4.78, 5) is 25.2. The third-order valence-electron chi connectivity index (χ3n) is 8.29. The normalized spacial score (nSPS) is 12.1. The van der Waals surface area contributed by atoms with Crippen LogP contribution in [0.5, 0.6) is 0 Å². The molecule has 1 unspecified atom stereocenters. The van der Waals surface area contributed by atoms with Crippen molar-refractivity contribution in [1.82, 2.24) is 0 Å². The molecule has 0 rings (SSSR count). The summed E-state index contributed by atoms with van der Waals surface area (Å²) >= 11 is 0. The highest BCUT2D eigenvalue weighted by Gasteiger charge is 2.20. The average Bonchev–Trinajstić information content (AvgIpc) is 3.07. The molecule has 9 heteroatoms. The average molecular weight is 675 g/mol. The van der Waals surface area contributed by atoms with Crippen molar-refractivity contribution in [2.45, 2.75) is 180 Å². The zero-order chi connectivity index (χ0) is 34.5. The maximum atomic E-state index is 12.7. The Hall–Kier alpha value is -1.26. The molecule has 0 aromatic rings. The van der Waals surface area contributed by atoms with Crippen LogP contribution in [0.25, 0.3) is 0 Å². The Morgan fingerprint density at radius 1 is 0.468 bits per heavy atom. The van der Waals surface area contributed by atoms with Crippen molar-refractivity contribution in [3.63, 3.8) is 0 Å². The number of unbranched alkanes of at least 4 members (excludes halogenated alkanes) is 20. The van der Waals surface area contributed by atoms with Gasteiger partial charge >= 0.3 is 11.9 Å². The van der Waals surface area contributed by atoms with Crippen LogP contribution in [0.3, 0.4) is 0 Å². The van der Waals surface area contributed by atoms with Crippen molar-refractivity contribution >= 4 is 11.9 Å². The molecule has 0 spiro atoms. The number of rotatable bonds is 38. The molecular weight excluding hydrogens is 600 g/mol. The zero-order valence-electron chi connectivity index (χ0n) is 30.5. The highest BCUT2D eigenvalue weighted by molar-refractivity contribution is 5.70. The maximum absolute atomic E-state index is 12.7. The van der Waals surface area contributed by atoms with E-state index in [0.717, 1.165) is 38.5 Å². The third-order valence-corrected chi connectivity index (χ3v) is 8.29. The summed E-state index contributed by atoms with van der Waals surface area (Å²) in [5.41, 5.74) is 0. The molecule has 0 bridgehead atoms. The highest BCUT2D eigenvalue weighted by atomic mass is 16.6. The third kappa shape index (κ3) is 34.4. The van der Waals surface area contributed by atoms with E-state index in [2.05, 4.69) is 13.8 Å². The molecule has 0 aromatic carbocycles. The monoisotopic (exact) mass is 675 g/mol. The van der Waals surface area contributed by atoms with Crippen LogP contribution in [0, 0.1) is 0 Å². The Morgan fingerprint density at radius 3 is 1.26 bits per heavy atom. The van der Waals surface area contributed by atoms with Gasteiger partial charge in [0, 0.05) is 12.8 Å². The predicted molar refractivity (Wildman–Crippen MR) is 189 cm³/mol. The SMILES string of the molecule is CCCCCCCCCCCCCC(=O)OCC(COC(COCCO)COCCO)OC(=O)CCCCCCCCCCCCC. The summed E-state index contributed by atoms with van der Waals surface area (Å²) in [6.07, 6.45) is 26.1. The van der Waals surface area contributed by atoms with Gasteiger partial charge in [0.05, 0.1) is 46.2 Å². The van der Waals surface area contributed by atoms with Gasteiger partial charge in [-0.2, -0.15) is 0 Å². The van der Waals surface area contributed by atoms with E-state index in [0.29, 0.717) is 12.8 Å². The first kappa shape index (κ1) is 45.7. The fourth-order valence-electron chi connectivity index (χ4n) is 5.43. The smallest absolute Gasteiger partial charge is 0.306 e. The molecule has 280 valence electrons. The van der Waals surface area contributed by atoms with E-state index >= 15 is 0 Å². The minimum absolute atomic E-state index is 0.0192.